The molecule has 4 heteroatoms. The largest absolute Gasteiger partial charge is 0.381 e. The van der Waals surface area contributed by atoms with Crippen molar-refractivity contribution in [2.45, 2.75) is 32.2 Å². The van der Waals surface area contributed by atoms with E-state index < -0.39 is 0 Å². The summed E-state index contributed by atoms with van der Waals surface area (Å²) in [5.74, 6) is 0.695. The van der Waals surface area contributed by atoms with E-state index in [4.69, 9.17) is 9.47 Å². The minimum Gasteiger partial charge on any atom is -0.381 e. The van der Waals surface area contributed by atoms with E-state index in [0.29, 0.717) is 12.0 Å². The molecule has 1 N–H and O–H groups in total. The first-order valence-corrected chi connectivity index (χ1v) is 7.51. The molecule has 0 bridgehead atoms. The third-order valence-electron chi connectivity index (χ3n) is 3.96. The molecule has 0 radical (unpaired) electrons. The van der Waals surface area contributed by atoms with Gasteiger partial charge in [0.25, 0.3) is 0 Å². The predicted octanol–water partition coefficient (Wildman–Crippen LogP) is 1.11. The second-order valence-corrected chi connectivity index (χ2v) is 5.45. The molecular weight excluding hydrogens is 228 g/mol. The van der Waals surface area contributed by atoms with Gasteiger partial charge in [0.1, 0.15) is 0 Å². The van der Waals surface area contributed by atoms with Crippen molar-refractivity contribution in [3.63, 3.8) is 0 Å². The van der Waals surface area contributed by atoms with E-state index >= 15 is 0 Å². The normalized spacial score (nSPS) is 28.2. The van der Waals surface area contributed by atoms with E-state index in [2.05, 4.69) is 17.1 Å². The molecule has 4 nitrogen and oxygen atoms in total. The Morgan fingerprint density at radius 3 is 2.94 bits per heavy atom. The molecule has 0 aliphatic carbocycles. The highest BCUT2D eigenvalue weighted by Crippen LogP contribution is 2.18. The van der Waals surface area contributed by atoms with Crippen LogP contribution in [0.1, 0.15) is 26.2 Å². The average Bonchev–Trinajstić information content (AvgIpc) is 2.80. The predicted molar refractivity (Wildman–Crippen MR) is 72.9 cm³/mol. The highest BCUT2D eigenvalue weighted by atomic mass is 16.5. The van der Waals surface area contributed by atoms with Gasteiger partial charge in [0.2, 0.25) is 0 Å². The highest BCUT2D eigenvalue weighted by molar-refractivity contribution is 4.82. The molecule has 2 rings (SSSR count). The lowest BCUT2D eigenvalue weighted by Gasteiger charge is -2.30. The van der Waals surface area contributed by atoms with Gasteiger partial charge < -0.3 is 14.8 Å². The Morgan fingerprint density at radius 1 is 1.22 bits per heavy atom. The average molecular weight is 256 g/mol. The fourth-order valence-electron chi connectivity index (χ4n) is 2.84. The first-order chi connectivity index (χ1) is 8.90. The van der Waals surface area contributed by atoms with E-state index in [1.54, 1.807) is 0 Å². The lowest BCUT2D eigenvalue weighted by molar-refractivity contribution is 0.133. The topological polar surface area (TPSA) is 33.7 Å². The van der Waals surface area contributed by atoms with Crippen molar-refractivity contribution in [2.75, 3.05) is 52.6 Å². The molecule has 0 aromatic carbocycles. The molecular formula is C14H28N2O2. The second-order valence-electron chi connectivity index (χ2n) is 5.45. The van der Waals surface area contributed by atoms with Crippen molar-refractivity contribution in [3.05, 3.63) is 0 Å². The summed E-state index contributed by atoms with van der Waals surface area (Å²) in [6.07, 6.45) is 3.58. The minimum atomic E-state index is 0.588. The Balaban J connectivity index is 1.82. The maximum absolute atomic E-state index is 5.55. The Bertz CT molecular complexity index is 212. The molecule has 2 heterocycles. The smallest absolute Gasteiger partial charge is 0.0593 e. The number of hydrogen-bond acceptors (Lipinski definition) is 4. The number of hydrogen-bond donors (Lipinski definition) is 1. The Hall–Kier alpha value is -0.160. The molecule has 2 aliphatic heterocycles. The van der Waals surface area contributed by atoms with E-state index in [9.17, 15) is 0 Å². The van der Waals surface area contributed by atoms with Crippen LogP contribution < -0.4 is 5.32 Å². The number of nitrogens with zero attached hydrogens (tertiary/aromatic N) is 1. The van der Waals surface area contributed by atoms with Crippen LogP contribution in [0.3, 0.4) is 0 Å². The lowest BCUT2D eigenvalue weighted by Crippen LogP contribution is -2.46. The van der Waals surface area contributed by atoms with Crippen molar-refractivity contribution in [1.29, 1.82) is 0 Å². The van der Waals surface area contributed by atoms with Gasteiger partial charge in [-0.3, -0.25) is 4.90 Å². The Labute approximate surface area is 111 Å². The zero-order chi connectivity index (χ0) is 12.6. The fraction of sp³-hybridized carbons (Fsp3) is 1.00. The number of ether oxygens (including phenoxy) is 2. The van der Waals surface area contributed by atoms with Crippen molar-refractivity contribution in [2.24, 2.45) is 5.92 Å². The van der Waals surface area contributed by atoms with Crippen LogP contribution in [0.2, 0.25) is 0 Å². The third kappa shape index (κ3) is 4.50. The van der Waals surface area contributed by atoms with Crippen LogP contribution >= 0.6 is 0 Å². The molecule has 2 saturated heterocycles. The molecule has 0 aromatic heterocycles. The van der Waals surface area contributed by atoms with E-state index in [-0.39, 0.29) is 0 Å². The SMILES string of the molecule is CCCNC(CN1CCCOCC1)C1CCOC1. The molecule has 106 valence electrons. The Morgan fingerprint density at radius 2 is 2.17 bits per heavy atom. The van der Waals surface area contributed by atoms with Crippen LogP contribution in [0.25, 0.3) is 0 Å². The molecule has 2 unspecified atom stereocenters. The van der Waals surface area contributed by atoms with Crippen molar-refractivity contribution in [3.8, 4) is 0 Å². The van der Waals surface area contributed by atoms with Gasteiger partial charge in [-0.05, 0) is 25.8 Å². The van der Waals surface area contributed by atoms with Crippen LogP contribution in [-0.4, -0.2) is 63.5 Å². The maximum atomic E-state index is 5.55. The zero-order valence-corrected chi connectivity index (χ0v) is 11.7. The van der Waals surface area contributed by atoms with Gasteiger partial charge in [-0.15, -0.1) is 0 Å². The monoisotopic (exact) mass is 256 g/mol. The van der Waals surface area contributed by atoms with Crippen LogP contribution in [0.4, 0.5) is 0 Å². The molecule has 18 heavy (non-hydrogen) atoms. The van der Waals surface area contributed by atoms with Crippen LogP contribution in [0.5, 0.6) is 0 Å². The van der Waals surface area contributed by atoms with Gasteiger partial charge in [-0.1, -0.05) is 6.92 Å². The summed E-state index contributed by atoms with van der Waals surface area (Å²) in [7, 11) is 0. The first-order valence-electron chi connectivity index (χ1n) is 7.51. The van der Waals surface area contributed by atoms with Crippen LogP contribution in [0, 0.1) is 5.92 Å². The van der Waals surface area contributed by atoms with Crippen LogP contribution in [0.15, 0.2) is 0 Å². The molecule has 0 amide bonds. The van der Waals surface area contributed by atoms with E-state index in [0.717, 1.165) is 46.1 Å². The lowest BCUT2D eigenvalue weighted by atomic mass is 9.98. The van der Waals surface area contributed by atoms with Crippen molar-refractivity contribution >= 4 is 0 Å². The summed E-state index contributed by atoms with van der Waals surface area (Å²) in [5.41, 5.74) is 0. The van der Waals surface area contributed by atoms with Gasteiger partial charge in [-0.25, -0.2) is 0 Å². The molecule has 0 spiro atoms. The molecule has 0 aromatic rings. The van der Waals surface area contributed by atoms with Gasteiger partial charge in [0.05, 0.1) is 13.2 Å². The summed E-state index contributed by atoms with van der Waals surface area (Å²) < 4.78 is 11.1. The van der Waals surface area contributed by atoms with Gasteiger partial charge in [-0.2, -0.15) is 0 Å². The molecule has 2 atom stereocenters. The van der Waals surface area contributed by atoms with Gasteiger partial charge in [0.15, 0.2) is 0 Å². The third-order valence-corrected chi connectivity index (χ3v) is 3.96. The van der Waals surface area contributed by atoms with Gasteiger partial charge in [0, 0.05) is 44.8 Å². The summed E-state index contributed by atoms with van der Waals surface area (Å²) >= 11 is 0. The number of nitrogens with one attached hydrogen (secondary N) is 1. The number of rotatable bonds is 6. The maximum Gasteiger partial charge on any atom is 0.0593 e. The van der Waals surface area contributed by atoms with E-state index in [1.807, 2.05) is 0 Å². The summed E-state index contributed by atoms with van der Waals surface area (Å²) in [6, 6.07) is 0.588. The molecule has 2 aliphatic rings. The van der Waals surface area contributed by atoms with Gasteiger partial charge >= 0.3 is 0 Å². The second kappa shape index (κ2) is 8.10. The molecule has 0 saturated carbocycles. The Kier molecular flexibility index (Phi) is 6.41. The summed E-state index contributed by atoms with van der Waals surface area (Å²) in [4.78, 5) is 2.55. The minimum absolute atomic E-state index is 0.588. The molecule has 2 fully saturated rings. The van der Waals surface area contributed by atoms with E-state index in [1.165, 1.54) is 25.8 Å². The fourth-order valence-corrected chi connectivity index (χ4v) is 2.84. The van der Waals surface area contributed by atoms with Crippen molar-refractivity contribution in [1.82, 2.24) is 10.2 Å². The first kappa shape index (κ1) is 14.3. The van der Waals surface area contributed by atoms with Crippen molar-refractivity contribution < 1.29 is 9.47 Å². The quantitative estimate of drug-likeness (QED) is 0.772. The standard InChI is InChI=1S/C14H28N2O2/c1-2-5-15-14(13-4-9-18-12-13)11-16-6-3-8-17-10-7-16/h13-15H,2-12H2,1H3. The zero-order valence-electron chi connectivity index (χ0n) is 11.7. The van der Waals surface area contributed by atoms with Crippen LogP contribution in [-0.2, 0) is 9.47 Å². The highest BCUT2D eigenvalue weighted by Gasteiger charge is 2.27. The summed E-state index contributed by atoms with van der Waals surface area (Å²) in [6.45, 7) is 10.5. The summed E-state index contributed by atoms with van der Waals surface area (Å²) in [5, 5.41) is 3.72.